The number of ether oxygens (including phenoxy) is 3. The highest BCUT2D eigenvalue weighted by atomic mass is 35.5. The van der Waals surface area contributed by atoms with Crippen molar-refractivity contribution >= 4 is 17.5 Å². The highest BCUT2D eigenvalue weighted by Crippen LogP contribution is 2.28. The molecule has 0 bridgehead atoms. The van der Waals surface area contributed by atoms with E-state index in [4.69, 9.17) is 26.6 Å². The Morgan fingerprint density at radius 3 is 2.57 bits per heavy atom. The molecule has 0 unspecified atom stereocenters. The summed E-state index contributed by atoms with van der Waals surface area (Å²) < 4.78 is 84.7. The number of amides is 1. The summed E-state index contributed by atoms with van der Waals surface area (Å²) >= 11 is 6.10. The van der Waals surface area contributed by atoms with Gasteiger partial charge in [0.25, 0.3) is 0 Å². The second-order valence-electron chi connectivity index (χ2n) is 5.37. The summed E-state index contributed by atoms with van der Waals surface area (Å²) in [7, 11) is 1.48. The molecule has 0 radical (unpaired) electrons. The van der Waals surface area contributed by atoms with Crippen LogP contribution in [0, 0.1) is 5.82 Å². The molecular formula is C19H19ClF3NO4. The van der Waals surface area contributed by atoms with Crippen molar-refractivity contribution in [1.82, 2.24) is 5.32 Å². The fourth-order valence-electron chi connectivity index (χ4n) is 2.18. The van der Waals surface area contributed by atoms with Crippen LogP contribution in [-0.4, -0.2) is 26.2 Å². The standard InChI is InChI=1S/C19H19ClF3NO4/c1-11(24-18(25)10-28-19(22)23)15-7-12(21)8-17(20)16(15)9-27-14-5-3-13(26-2)4-6-14/h3-8,11,19H,9-10H2,1-2H3,(H,24,25)/t11-/m0/s1/i1D3,11D. The van der Waals surface area contributed by atoms with Crippen molar-refractivity contribution in [2.24, 2.45) is 0 Å². The van der Waals surface area contributed by atoms with Gasteiger partial charge in [-0.2, -0.15) is 8.78 Å². The van der Waals surface area contributed by atoms with Crippen LogP contribution in [0.1, 0.15) is 29.5 Å². The topological polar surface area (TPSA) is 56.8 Å². The minimum absolute atomic E-state index is 0.0925. The molecule has 2 aromatic rings. The zero-order chi connectivity index (χ0) is 24.1. The van der Waals surface area contributed by atoms with Gasteiger partial charge in [-0.25, -0.2) is 4.39 Å². The zero-order valence-corrected chi connectivity index (χ0v) is 15.4. The summed E-state index contributed by atoms with van der Waals surface area (Å²) in [6.45, 7) is -8.14. The minimum atomic E-state index is -3.29. The predicted molar refractivity (Wildman–Crippen MR) is 97.2 cm³/mol. The Kier molecular flexibility index (Phi) is 6.01. The molecule has 0 aliphatic rings. The van der Waals surface area contributed by atoms with E-state index in [0.717, 1.165) is 6.07 Å². The van der Waals surface area contributed by atoms with Gasteiger partial charge in [0.05, 0.1) is 19.5 Å². The maximum atomic E-state index is 14.1. The van der Waals surface area contributed by atoms with E-state index >= 15 is 0 Å². The Labute approximate surface area is 171 Å². The van der Waals surface area contributed by atoms with Crippen LogP contribution in [0.5, 0.6) is 11.5 Å². The van der Waals surface area contributed by atoms with Crippen LogP contribution in [0.15, 0.2) is 36.4 Å². The quantitative estimate of drug-likeness (QED) is 0.648. The molecule has 0 fully saturated rings. The molecule has 0 aromatic heterocycles. The van der Waals surface area contributed by atoms with Crippen molar-refractivity contribution < 1.29 is 37.7 Å². The Morgan fingerprint density at radius 1 is 1.29 bits per heavy atom. The van der Waals surface area contributed by atoms with E-state index in [2.05, 4.69) is 4.74 Å². The van der Waals surface area contributed by atoms with Gasteiger partial charge < -0.3 is 19.5 Å². The van der Waals surface area contributed by atoms with Crippen molar-refractivity contribution in [2.45, 2.75) is 26.1 Å². The highest BCUT2D eigenvalue weighted by molar-refractivity contribution is 6.31. The van der Waals surface area contributed by atoms with Gasteiger partial charge >= 0.3 is 6.61 Å². The lowest BCUT2D eigenvalue weighted by atomic mass is 10.0. The van der Waals surface area contributed by atoms with Crippen LogP contribution >= 0.6 is 11.6 Å². The summed E-state index contributed by atoms with van der Waals surface area (Å²) in [5.74, 6) is -1.41. The summed E-state index contributed by atoms with van der Waals surface area (Å²) in [6.07, 6.45) is 0. The van der Waals surface area contributed by atoms with Crippen LogP contribution in [0.2, 0.25) is 5.02 Å². The number of nitrogens with one attached hydrogen (secondary N) is 1. The number of halogens is 4. The molecule has 0 saturated heterocycles. The monoisotopic (exact) mass is 421 g/mol. The second-order valence-corrected chi connectivity index (χ2v) is 5.78. The number of rotatable bonds is 9. The van der Waals surface area contributed by atoms with E-state index in [1.54, 1.807) is 24.3 Å². The molecule has 2 rings (SSSR count). The van der Waals surface area contributed by atoms with Crippen LogP contribution < -0.4 is 14.8 Å². The first kappa shape index (κ1) is 16.5. The van der Waals surface area contributed by atoms with Crippen LogP contribution in [-0.2, 0) is 16.1 Å². The first-order valence-electron chi connectivity index (χ1n) is 9.83. The summed E-state index contributed by atoms with van der Waals surface area (Å²) in [5, 5.41) is 1.57. The van der Waals surface area contributed by atoms with E-state index in [1.807, 2.05) is 5.32 Å². The molecule has 0 heterocycles. The van der Waals surface area contributed by atoms with Crippen molar-refractivity contribution in [3.8, 4) is 11.5 Å². The van der Waals surface area contributed by atoms with Crippen LogP contribution in [0.25, 0.3) is 0 Å². The van der Waals surface area contributed by atoms with E-state index in [9.17, 15) is 18.0 Å². The molecule has 0 aliphatic heterocycles. The van der Waals surface area contributed by atoms with Gasteiger partial charge in [-0.15, -0.1) is 0 Å². The molecule has 2 aromatic carbocycles. The minimum Gasteiger partial charge on any atom is -0.497 e. The molecule has 1 atom stereocenters. The second kappa shape index (κ2) is 10.2. The highest BCUT2D eigenvalue weighted by Gasteiger charge is 2.19. The fraction of sp³-hybridized carbons (Fsp3) is 0.316. The Hall–Kier alpha value is -2.45. The number of hydrogen-bond acceptors (Lipinski definition) is 4. The van der Waals surface area contributed by atoms with E-state index in [-0.39, 0.29) is 17.2 Å². The molecule has 28 heavy (non-hydrogen) atoms. The zero-order valence-electron chi connectivity index (χ0n) is 18.6. The maximum Gasteiger partial charge on any atom is 0.345 e. The number of methoxy groups -OCH3 is 1. The SMILES string of the molecule is [2H]C([2H])([2H])[C@]([2H])(NC(=O)COC(F)F)c1cc(F)cc(Cl)c1COc1ccc(OC)cc1. The molecule has 152 valence electrons. The van der Waals surface area contributed by atoms with Gasteiger partial charge in [-0.3, -0.25) is 4.79 Å². The lowest BCUT2D eigenvalue weighted by Crippen LogP contribution is -2.31. The number of benzene rings is 2. The van der Waals surface area contributed by atoms with Gasteiger partial charge in [0.15, 0.2) is 0 Å². The van der Waals surface area contributed by atoms with E-state index in [0.29, 0.717) is 17.6 Å². The van der Waals surface area contributed by atoms with E-state index in [1.165, 1.54) is 7.11 Å². The van der Waals surface area contributed by atoms with Gasteiger partial charge in [-0.1, -0.05) is 11.6 Å². The maximum absolute atomic E-state index is 14.1. The van der Waals surface area contributed by atoms with Gasteiger partial charge in [-0.05, 0) is 48.8 Å². The Morgan fingerprint density at radius 2 is 1.96 bits per heavy atom. The van der Waals surface area contributed by atoms with Crippen molar-refractivity contribution in [2.75, 3.05) is 13.7 Å². The smallest absolute Gasteiger partial charge is 0.345 e. The molecule has 0 saturated carbocycles. The summed E-state index contributed by atoms with van der Waals surface area (Å²) in [5.41, 5.74) is -0.619. The molecule has 5 nitrogen and oxygen atoms in total. The number of carbonyl (C=O) groups is 1. The number of carbonyl (C=O) groups excluding carboxylic acids is 1. The average Bonchev–Trinajstić information content (AvgIpc) is 2.70. The third-order valence-corrected chi connectivity index (χ3v) is 3.81. The normalized spacial score (nSPS) is 15.6. The Balaban J connectivity index is 2.42. The van der Waals surface area contributed by atoms with E-state index < -0.39 is 43.4 Å². The third-order valence-electron chi connectivity index (χ3n) is 3.48. The van der Waals surface area contributed by atoms with Crippen LogP contribution in [0.4, 0.5) is 13.2 Å². The first-order chi connectivity index (χ1) is 14.9. The molecule has 1 N–H and O–H groups in total. The lowest BCUT2D eigenvalue weighted by molar-refractivity contribution is -0.152. The first-order valence-corrected chi connectivity index (χ1v) is 8.21. The van der Waals surface area contributed by atoms with Gasteiger partial charge in [0, 0.05) is 9.68 Å². The van der Waals surface area contributed by atoms with Crippen molar-refractivity contribution in [1.29, 1.82) is 0 Å². The average molecular weight is 422 g/mol. The predicted octanol–water partition coefficient (Wildman–Crippen LogP) is 4.48. The number of alkyl halides is 2. The fourth-order valence-corrected chi connectivity index (χ4v) is 2.44. The Bertz CT molecular complexity index is 947. The van der Waals surface area contributed by atoms with Crippen molar-refractivity contribution in [3.63, 3.8) is 0 Å². The molecule has 0 spiro atoms. The molecular weight excluding hydrogens is 399 g/mol. The summed E-state index contributed by atoms with van der Waals surface area (Å²) in [6, 6.07) is 4.96. The summed E-state index contributed by atoms with van der Waals surface area (Å²) in [4.78, 5) is 12.0. The van der Waals surface area contributed by atoms with Gasteiger partial charge in [0.1, 0.15) is 30.5 Å². The third kappa shape index (κ3) is 6.31. The molecule has 1 amide bonds. The largest absolute Gasteiger partial charge is 0.497 e. The lowest BCUT2D eigenvalue weighted by Gasteiger charge is -2.20. The molecule has 9 heteroatoms. The van der Waals surface area contributed by atoms with Crippen molar-refractivity contribution in [3.05, 3.63) is 58.4 Å². The van der Waals surface area contributed by atoms with Crippen LogP contribution in [0.3, 0.4) is 0 Å². The molecule has 0 aliphatic carbocycles. The number of hydrogen-bond donors (Lipinski definition) is 1. The van der Waals surface area contributed by atoms with Gasteiger partial charge in [0.2, 0.25) is 5.91 Å².